The number of carbonyl (C=O) groups excluding carboxylic acids is 1. The molecule has 3 heterocycles. The molecule has 7 nitrogen and oxygen atoms in total. The minimum Gasteiger partial charge on any atom is -0.376 e. The smallest absolute Gasteiger partial charge is 0.264 e. The lowest BCUT2D eigenvalue weighted by Crippen LogP contribution is -2.37. The van der Waals surface area contributed by atoms with Crippen molar-refractivity contribution in [2.75, 3.05) is 28.9 Å². The van der Waals surface area contributed by atoms with Crippen LogP contribution in [-0.2, 0) is 21.2 Å². The Morgan fingerprint density at radius 3 is 2.71 bits per heavy atom. The predicted molar refractivity (Wildman–Crippen MR) is 146 cm³/mol. The topological polar surface area (TPSA) is 79.8 Å². The first-order chi connectivity index (χ1) is 18.4. The number of para-hydroxylation sites is 1. The molecule has 1 saturated heterocycles. The summed E-state index contributed by atoms with van der Waals surface area (Å²) < 4.78 is 48.7. The molecular weight excluding hydrogens is 525 g/mol. The predicted octanol–water partition coefficient (Wildman–Crippen LogP) is 5.40. The largest absolute Gasteiger partial charge is 0.376 e. The molecule has 1 aromatic heterocycles. The third-order valence-electron chi connectivity index (χ3n) is 6.98. The Balaban J connectivity index is 1.30. The van der Waals surface area contributed by atoms with Gasteiger partial charge in [-0.25, -0.2) is 17.8 Å². The van der Waals surface area contributed by atoms with Gasteiger partial charge in [0.2, 0.25) is 0 Å². The maximum atomic E-state index is 13.8. The van der Waals surface area contributed by atoms with Crippen LogP contribution in [0.25, 0.3) is 10.2 Å². The van der Waals surface area contributed by atoms with Crippen molar-refractivity contribution in [2.24, 2.45) is 0 Å². The van der Waals surface area contributed by atoms with Gasteiger partial charge in [-0.05, 0) is 79.8 Å². The highest BCUT2D eigenvalue weighted by atomic mass is 32.2. The van der Waals surface area contributed by atoms with Gasteiger partial charge in [-0.1, -0.05) is 29.5 Å². The number of hydrogen-bond acceptors (Lipinski definition) is 6. The van der Waals surface area contributed by atoms with Crippen LogP contribution in [0.1, 0.15) is 35.2 Å². The van der Waals surface area contributed by atoms with Gasteiger partial charge >= 0.3 is 0 Å². The molecule has 0 aliphatic carbocycles. The molecule has 6 rings (SSSR count). The summed E-state index contributed by atoms with van der Waals surface area (Å²) in [6.45, 7) is 1.36. The highest BCUT2D eigenvalue weighted by molar-refractivity contribution is 7.92. The Hall–Kier alpha value is -3.34. The lowest BCUT2D eigenvalue weighted by Gasteiger charge is -2.30. The Morgan fingerprint density at radius 2 is 1.92 bits per heavy atom. The molecule has 4 aromatic rings. The summed E-state index contributed by atoms with van der Waals surface area (Å²) in [5, 5.41) is 0.452. The molecule has 0 N–H and O–H groups in total. The highest BCUT2D eigenvalue weighted by Crippen LogP contribution is 2.33. The second-order valence-corrected chi connectivity index (χ2v) is 12.4. The van der Waals surface area contributed by atoms with Gasteiger partial charge in [0.25, 0.3) is 15.9 Å². The fraction of sp³-hybridized carbons (Fsp3) is 0.286. The summed E-state index contributed by atoms with van der Waals surface area (Å²) in [7, 11) is -3.79. The van der Waals surface area contributed by atoms with Crippen LogP contribution in [0.2, 0.25) is 0 Å². The van der Waals surface area contributed by atoms with Gasteiger partial charge < -0.3 is 4.74 Å². The van der Waals surface area contributed by atoms with E-state index in [9.17, 15) is 17.6 Å². The molecule has 2 aliphatic rings. The van der Waals surface area contributed by atoms with E-state index in [0.717, 1.165) is 31.2 Å². The Kier molecular flexibility index (Phi) is 6.63. The van der Waals surface area contributed by atoms with Gasteiger partial charge in [-0.15, -0.1) is 0 Å². The van der Waals surface area contributed by atoms with E-state index in [-0.39, 0.29) is 22.7 Å². The number of anilines is 2. The van der Waals surface area contributed by atoms with Crippen molar-refractivity contribution in [3.05, 3.63) is 83.7 Å². The van der Waals surface area contributed by atoms with Crippen molar-refractivity contribution in [3.8, 4) is 0 Å². The van der Waals surface area contributed by atoms with Crippen molar-refractivity contribution < 1.29 is 22.3 Å². The number of rotatable bonds is 6. The van der Waals surface area contributed by atoms with E-state index in [1.54, 1.807) is 23.1 Å². The fourth-order valence-corrected chi connectivity index (χ4v) is 7.58. The van der Waals surface area contributed by atoms with E-state index in [0.29, 0.717) is 46.3 Å². The molecule has 0 bridgehead atoms. The first-order valence-corrected chi connectivity index (χ1v) is 14.9. The zero-order valence-corrected chi connectivity index (χ0v) is 22.2. The van der Waals surface area contributed by atoms with Crippen molar-refractivity contribution in [3.63, 3.8) is 0 Å². The Bertz CT molecular complexity index is 1600. The molecule has 0 radical (unpaired) electrons. The number of ether oxygens (including phenoxy) is 1. The van der Waals surface area contributed by atoms with Crippen LogP contribution in [0.5, 0.6) is 0 Å². The van der Waals surface area contributed by atoms with Gasteiger partial charge in [0.05, 0.1) is 33.4 Å². The first kappa shape index (κ1) is 25.0. The van der Waals surface area contributed by atoms with Gasteiger partial charge in [0, 0.05) is 18.7 Å². The molecule has 196 valence electrons. The lowest BCUT2D eigenvalue weighted by molar-refractivity contribution is 0.0917. The minimum absolute atomic E-state index is 0.124. The summed E-state index contributed by atoms with van der Waals surface area (Å²) in [4.78, 5) is 20.0. The van der Waals surface area contributed by atoms with Crippen molar-refractivity contribution >= 4 is 48.3 Å². The van der Waals surface area contributed by atoms with Crippen LogP contribution >= 0.6 is 11.3 Å². The average Bonchev–Trinajstić information content (AvgIpc) is 3.60. The summed E-state index contributed by atoms with van der Waals surface area (Å²) in [6.07, 6.45) is 3.22. The zero-order chi connectivity index (χ0) is 26.3. The number of aromatic nitrogens is 1. The van der Waals surface area contributed by atoms with E-state index in [1.165, 1.54) is 39.9 Å². The quantitative estimate of drug-likeness (QED) is 0.321. The fourth-order valence-electron chi connectivity index (χ4n) is 5.04. The van der Waals surface area contributed by atoms with E-state index >= 15 is 0 Å². The second kappa shape index (κ2) is 10.1. The third kappa shape index (κ3) is 4.68. The molecule has 1 fully saturated rings. The third-order valence-corrected chi connectivity index (χ3v) is 9.85. The van der Waals surface area contributed by atoms with Gasteiger partial charge in [0.15, 0.2) is 5.13 Å². The molecule has 0 saturated carbocycles. The number of hydrogen-bond donors (Lipinski definition) is 0. The minimum atomic E-state index is -3.79. The monoisotopic (exact) mass is 551 g/mol. The molecule has 1 unspecified atom stereocenters. The molecule has 1 atom stereocenters. The van der Waals surface area contributed by atoms with Crippen molar-refractivity contribution in [2.45, 2.75) is 36.7 Å². The number of fused-ring (bicyclic) bond motifs is 2. The van der Waals surface area contributed by atoms with Gasteiger partial charge in [0.1, 0.15) is 5.82 Å². The van der Waals surface area contributed by atoms with Crippen LogP contribution in [0.15, 0.2) is 71.6 Å². The van der Waals surface area contributed by atoms with Crippen LogP contribution in [0.4, 0.5) is 15.2 Å². The standard InChI is InChI=1S/C28H26FN3O4S2/c29-21-11-14-24-26(17-21)37-28(30-24)31(18-22-7-4-16-36-22)27(33)20-9-12-23(13-10-20)38(34,35)32-15-3-6-19-5-1-2-8-25(19)32/h1-2,5,8-14,17,22H,3-4,6-7,15-16,18H2. The van der Waals surface area contributed by atoms with Crippen molar-refractivity contribution in [1.29, 1.82) is 0 Å². The molecule has 38 heavy (non-hydrogen) atoms. The maximum Gasteiger partial charge on any atom is 0.264 e. The molecule has 0 spiro atoms. The van der Waals surface area contributed by atoms with Gasteiger partial charge in [-0.2, -0.15) is 0 Å². The second-order valence-electron chi connectivity index (χ2n) is 9.49. The van der Waals surface area contributed by atoms with E-state index in [1.807, 2.05) is 24.3 Å². The number of halogens is 1. The van der Waals surface area contributed by atoms with E-state index in [2.05, 4.69) is 4.98 Å². The zero-order valence-electron chi connectivity index (χ0n) is 20.5. The molecule has 1 amide bonds. The summed E-state index contributed by atoms with van der Waals surface area (Å²) >= 11 is 1.24. The Morgan fingerprint density at radius 1 is 1.11 bits per heavy atom. The van der Waals surface area contributed by atoms with Crippen LogP contribution in [-0.4, -0.2) is 45.1 Å². The number of thiazole rings is 1. The molecule has 10 heteroatoms. The van der Waals surface area contributed by atoms with Crippen LogP contribution < -0.4 is 9.21 Å². The summed E-state index contributed by atoms with van der Waals surface area (Å²) in [5.74, 6) is -0.676. The number of sulfonamides is 1. The Labute approximate surface area is 224 Å². The van der Waals surface area contributed by atoms with E-state index < -0.39 is 10.0 Å². The normalized spacial score (nSPS) is 17.5. The van der Waals surface area contributed by atoms with Crippen LogP contribution in [0, 0.1) is 5.82 Å². The summed E-state index contributed by atoms with van der Waals surface area (Å²) in [5.41, 5.74) is 2.66. The van der Waals surface area contributed by atoms with Gasteiger partial charge in [-0.3, -0.25) is 14.0 Å². The highest BCUT2D eigenvalue weighted by Gasteiger charge is 2.30. The number of benzene rings is 3. The summed E-state index contributed by atoms with van der Waals surface area (Å²) in [6, 6.07) is 17.9. The van der Waals surface area contributed by atoms with Crippen molar-refractivity contribution in [1.82, 2.24) is 4.98 Å². The number of aryl methyl sites for hydroxylation is 1. The lowest BCUT2D eigenvalue weighted by atomic mass is 10.0. The maximum absolute atomic E-state index is 13.8. The number of amides is 1. The average molecular weight is 552 g/mol. The van der Waals surface area contributed by atoms with E-state index in [4.69, 9.17) is 4.74 Å². The van der Waals surface area contributed by atoms with Crippen LogP contribution in [0.3, 0.4) is 0 Å². The molecular formula is C28H26FN3O4S2. The first-order valence-electron chi connectivity index (χ1n) is 12.6. The molecule has 2 aliphatic heterocycles. The number of carbonyl (C=O) groups is 1. The SMILES string of the molecule is O=C(c1ccc(S(=O)(=O)N2CCCc3ccccc32)cc1)N(CC1CCCO1)c1nc2ccc(F)cc2s1. The molecule has 3 aromatic carbocycles. The number of nitrogens with zero attached hydrogens (tertiary/aromatic N) is 3.